The molecule has 0 heterocycles. The van der Waals surface area contributed by atoms with E-state index in [9.17, 15) is 9.18 Å². The monoisotopic (exact) mass is 349 g/mol. The summed E-state index contributed by atoms with van der Waals surface area (Å²) in [4.78, 5) is 16.3. The molecule has 0 fully saturated rings. The number of ether oxygens (including phenoxy) is 2. The van der Waals surface area contributed by atoms with Crippen LogP contribution in [0.25, 0.3) is 0 Å². The van der Waals surface area contributed by atoms with Crippen molar-refractivity contribution in [2.45, 2.75) is 0 Å². The summed E-state index contributed by atoms with van der Waals surface area (Å²) in [5.74, 6) is 0.312. The number of hydrogen-bond acceptors (Lipinski definition) is 4. The van der Waals surface area contributed by atoms with Crippen LogP contribution in [0.2, 0.25) is 0 Å². The lowest BCUT2D eigenvalue weighted by Gasteiger charge is -2.05. The van der Waals surface area contributed by atoms with Crippen molar-refractivity contribution >= 4 is 17.9 Å². The SMILES string of the molecule is COc1ccc(C(=O)Oc2ccc(C=Nc3cccc(F)c3)cc2)cc1. The Morgan fingerprint density at radius 2 is 1.65 bits per heavy atom. The zero-order chi connectivity index (χ0) is 18.4. The molecule has 0 amide bonds. The molecule has 0 spiro atoms. The van der Waals surface area contributed by atoms with Gasteiger partial charge in [-0.15, -0.1) is 0 Å². The average Bonchev–Trinajstić information content (AvgIpc) is 2.67. The molecule has 0 aromatic heterocycles. The number of halogens is 1. The Morgan fingerprint density at radius 1 is 0.962 bits per heavy atom. The molecular formula is C21H16FNO3. The lowest BCUT2D eigenvalue weighted by atomic mass is 10.2. The van der Waals surface area contributed by atoms with E-state index in [0.29, 0.717) is 22.7 Å². The molecule has 0 aliphatic heterocycles. The van der Waals surface area contributed by atoms with Crippen molar-refractivity contribution in [3.05, 3.63) is 89.7 Å². The smallest absolute Gasteiger partial charge is 0.343 e. The first-order valence-electron chi connectivity index (χ1n) is 7.90. The van der Waals surface area contributed by atoms with Crippen molar-refractivity contribution < 1.29 is 18.7 Å². The number of carbonyl (C=O) groups excluding carboxylic acids is 1. The van der Waals surface area contributed by atoms with Crippen LogP contribution in [0.3, 0.4) is 0 Å². The van der Waals surface area contributed by atoms with E-state index >= 15 is 0 Å². The van der Waals surface area contributed by atoms with Gasteiger partial charge in [-0.05, 0) is 72.3 Å². The second kappa shape index (κ2) is 8.07. The van der Waals surface area contributed by atoms with Crippen molar-refractivity contribution in [3.8, 4) is 11.5 Å². The zero-order valence-corrected chi connectivity index (χ0v) is 14.1. The second-order valence-corrected chi connectivity index (χ2v) is 5.43. The molecule has 4 nitrogen and oxygen atoms in total. The highest BCUT2D eigenvalue weighted by molar-refractivity contribution is 5.91. The van der Waals surface area contributed by atoms with Crippen LogP contribution < -0.4 is 9.47 Å². The van der Waals surface area contributed by atoms with E-state index in [1.165, 1.54) is 12.1 Å². The fourth-order valence-electron chi connectivity index (χ4n) is 2.22. The molecule has 0 bridgehead atoms. The summed E-state index contributed by atoms with van der Waals surface area (Å²) in [7, 11) is 1.56. The van der Waals surface area contributed by atoms with Crippen LogP contribution in [-0.2, 0) is 0 Å². The topological polar surface area (TPSA) is 47.9 Å². The minimum atomic E-state index is -0.450. The highest BCUT2D eigenvalue weighted by atomic mass is 19.1. The molecule has 0 aliphatic carbocycles. The van der Waals surface area contributed by atoms with Crippen LogP contribution >= 0.6 is 0 Å². The summed E-state index contributed by atoms with van der Waals surface area (Å²) in [5.41, 5.74) is 1.76. The Balaban J connectivity index is 1.64. The fraction of sp³-hybridized carbons (Fsp3) is 0.0476. The van der Waals surface area contributed by atoms with Gasteiger partial charge in [-0.25, -0.2) is 9.18 Å². The van der Waals surface area contributed by atoms with E-state index in [1.807, 2.05) is 0 Å². The van der Waals surface area contributed by atoms with Crippen molar-refractivity contribution in [1.29, 1.82) is 0 Å². The van der Waals surface area contributed by atoms with Gasteiger partial charge in [0.05, 0.1) is 18.4 Å². The van der Waals surface area contributed by atoms with Crippen LogP contribution in [0.4, 0.5) is 10.1 Å². The summed E-state index contributed by atoms with van der Waals surface area (Å²) in [6.45, 7) is 0. The minimum Gasteiger partial charge on any atom is -0.497 e. The number of hydrogen-bond donors (Lipinski definition) is 0. The maximum atomic E-state index is 13.1. The molecule has 0 radical (unpaired) electrons. The number of nitrogens with zero attached hydrogens (tertiary/aromatic N) is 1. The Hall–Kier alpha value is -3.47. The molecule has 0 saturated carbocycles. The van der Waals surface area contributed by atoms with Gasteiger partial charge in [-0.2, -0.15) is 0 Å². The van der Waals surface area contributed by atoms with Gasteiger partial charge in [0.2, 0.25) is 0 Å². The number of aliphatic imine (C=N–C) groups is 1. The molecular weight excluding hydrogens is 333 g/mol. The maximum Gasteiger partial charge on any atom is 0.343 e. The van der Waals surface area contributed by atoms with Crippen LogP contribution in [0, 0.1) is 5.82 Å². The van der Waals surface area contributed by atoms with Crippen LogP contribution in [0.1, 0.15) is 15.9 Å². The van der Waals surface area contributed by atoms with Gasteiger partial charge >= 0.3 is 5.97 Å². The minimum absolute atomic E-state index is 0.333. The molecule has 3 rings (SSSR count). The molecule has 0 unspecified atom stereocenters. The average molecular weight is 349 g/mol. The number of carbonyl (C=O) groups is 1. The summed E-state index contributed by atoms with van der Waals surface area (Å²) in [5, 5.41) is 0. The van der Waals surface area contributed by atoms with E-state index in [-0.39, 0.29) is 5.82 Å². The lowest BCUT2D eigenvalue weighted by Crippen LogP contribution is -2.08. The van der Waals surface area contributed by atoms with Gasteiger partial charge in [0.25, 0.3) is 0 Å². The third-order valence-electron chi connectivity index (χ3n) is 3.59. The van der Waals surface area contributed by atoms with E-state index in [2.05, 4.69) is 4.99 Å². The fourth-order valence-corrected chi connectivity index (χ4v) is 2.22. The molecule has 26 heavy (non-hydrogen) atoms. The molecule has 0 N–H and O–H groups in total. The van der Waals surface area contributed by atoms with Crippen LogP contribution in [-0.4, -0.2) is 19.3 Å². The van der Waals surface area contributed by atoms with Gasteiger partial charge in [0.1, 0.15) is 17.3 Å². The van der Waals surface area contributed by atoms with E-state index in [1.54, 1.807) is 74.0 Å². The second-order valence-electron chi connectivity index (χ2n) is 5.43. The number of methoxy groups -OCH3 is 1. The molecule has 3 aromatic carbocycles. The highest BCUT2D eigenvalue weighted by Crippen LogP contribution is 2.17. The normalized spacial score (nSPS) is 10.7. The van der Waals surface area contributed by atoms with Crippen molar-refractivity contribution in [3.63, 3.8) is 0 Å². The predicted molar refractivity (Wildman–Crippen MR) is 98.0 cm³/mol. The quantitative estimate of drug-likeness (QED) is 0.377. The molecule has 0 aliphatic rings. The molecule has 3 aromatic rings. The van der Waals surface area contributed by atoms with Crippen molar-refractivity contribution in [1.82, 2.24) is 0 Å². The Bertz CT molecular complexity index is 919. The molecule has 130 valence electrons. The summed E-state index contributed by atoms with van der Waals surface area (Å²) in [6.07, 6.45) is 1.61. The van der Waals surface area contributed by atoms with Crippen LogP contribution in [0.15, 0.2) is 77.8 Å². The summed E-state index contributed by atoms with van der Waals surface area (Å²) >= 11 is 0. The largest absolute Gasteiger partial charge is 0.497 e. The number of rotatable bonds is 5. The zero-order valence-electron chi connectivity index (χ0n) is 14.1. The standard InChI is InChI=1S/C21H16FNO3/c1-25-19-11-7-16(8-12-19)21(24)26-20-9-5-15(6-10-20)14-23-18-4-2-3-17(22)13-18/h2-14H,1H3. The van der Waals surface area contributed by atoms with Gasteiger partial charge in [-0.3, -0.25) is 4.99 Å². The van der Waals surface area contributed by atoms with Gasteiger partial charge < -0.3 is 9.47 Å². The van der Waals surface area contributed by atoms with Gasteiger partial charge in [0.15, 0.2) is 0 Å². The van der Waals surface area contributed by atoms with Gasteiger partial charge in [-0.1, -0.05) is 6.07 Å². The van der Waals surface area contributed by atoms with Crippen molar-refractivity contribution in [2.24, 2.45) is 4.99 Å². The lowest BCUT2D eigenvalue weighted by molar-refractivity contribution is 0.0734. The third kappa shape index (κ3) is 4.54. The van der Waals surface area contributed by atoms with Crippen molar-refractivity contribution in [2.75, 3.05) is 7.11 Å². The number of benzene rings is 3. The van der Waals surface area contributed by atoms with Gasteiger partial charge in [0, 0.05) is 6.21 Å². The molecule has 0 atom stereocenters. The Labute approximate surface area is 150 Å². The third-order valence-corrected chi connectivity index (χ3v) is 3.59. The summed E-state index contributed by atoms with van der Waals surface area (Å²) in [6, 6.07) is 19.6. The summed E-state index contributed by atoms with van der Waals surface area (Å²) < 4.78 is 23.5. The first-order valence-corrected chi connectivity index (χ1v) is 7.90. The number of esters is 1. The first-order chi connectivity index (χ1) is 12.6. The Kier molecular flexibility index (Phi) is 5.39. The predicted octanol–water partition coefficient (Wildman–Crippen LogP) is 4.80. The molecule has 5 heteroatoms. The van der Waals surface area contributed by atoms with E-state index in [0.717, 1.165) is 5.56 Å². The first kappa shape index (κ1) is 17.4. The van der Waals surface area contributed by atoms with E-state index < -0.39 is 5.97 Å². The molecule has 0 saturated heterocycles. The van der Waals surface area contributed by atoms with E-state index in [4.69, 9.17) is 9.47 Å². The van der Waals surface area contributed by atoms with Crippen LogP contribution in [0.5, 0.6) is 11.5 Å². The Morgan fingerprint density at radius 3 is 2.31 bits per heavy atom. The maximum absolute atomic E-state index is 13.1. The highest BCUT2D eigenvalue weighted by Gasteiger charge is 2.08.